The zero-order valence-corrected chi connectivity index (χ0v) is 19.7. The summed E-state index contributed by atoms with van der Waals surface area (Å²) in [5.74, 6) is 0.273. The predicted molar refractivity (Wildman–Crippen MR) is 129 cm³/mol. The van der Waals surface area contributed by atoms with Gasteiger partial charge >= 0.3 is 5.97 Å². The van der Waals surface area contributed by atoms with Gasteiger partial charge in [0.25, 0.3) is 5.56 Å². The molecule has 164 valence electrons. The van der Waals surface area contributed by atoms with Crippen molar-refractivity contribution in [1.82, 2.24) is 14.2 Å². The van der Waals surface area contributed by atoms with Gasteiger partial charge < -0.3 is 9.30 Å². The summed E-state index contributed by atoms with van der Waals surface area (Å²) in [6.07, 6.45) is 4.96. The Kier molecular flexibility index (Phi) is 6.23. The number of hydrogen-bond donors (Lipinski definition) is 0. The zero-order valence-electron chi connectivity index (χ0n) is 18.1. The number of para-hydroxylation sites is 1. The average Bonchev–Trinajstić information content (AvgIpc) is 3.17. The Labute approximate surface area is 193 Å². The lowest BCUT2D eigenvalue weighted by Crippen LogP contribution is -2.22. The molecule has 4 rings (SSSR count). The molecule has 0 fully saturated rings. The second kappa shape index (κ2) is 9.08. The maximum absolute atomic E-state index is 13.2. The van der Waals surface area contributed by atoms with Crippen molar-refractivity contribution in [2.24, 2.45) is 5.10 Å². The fraction of sp³-hybridized carbons (Fsp3) is 0.250. The first-order valence-electron chi connectivity index (χ1n) is 10.4. The Morgan fingerprint density at radius 3 is 2.78 bits per heavy atom. The molecular weight excluding hydrogens is 472 g/mol. The number of halogens is 1. The highest BCUT2D eigenvalue weighted by molar-refractivity contribution is 9.10. The van der Waals surface area contributed by atoms with Gasteiger partial charge in [0.1, 0.15) is 11.9 Å². The van der Waals surface area contributed by atoms with Gasteiger partial charge in [-0.05, 0) is 37.6 Å². The number of fused-ring (bicyclic) bond motifs is 2. The molecule has 0 aliphatic rings. The van der Waals surface area contributed by atoms with Crippen molar-refractivity contribution < 1.29 is 9.53 Å². The van der Waals surface area contributed by atoms with Crippen LogP contribution < -0.4 is 5.56 Å². The van der Waals surface area contributed by atoms with E-state index in [1.807, 2.05) is 54.1 Å². The van der Waals surface area contributed by atoms with Gasteiger partial charge in [-0.3, -0.25) is 4.79 Å². The molecule has 0 N–H and O–H groups in total. The number of esters is 1. The van der Waals surface area contributed by atoms with Crippen LogP contribution in [0.15, 0.2) is 63.0 Å². The molecule has 0 saturated carbocycles. The molecule has 1 atom stereocenters. The Bertz CT molecular complexity index is 1400. The standard InChI is InChI=1S/C24H23BrN4O3/c1-4-7-22-27-20-11-10-17(25)12-19(20)23(30)29(22)26-13-16-14-28(15(2)24(31)32-3)21-9-6-5-8-18(16)21/h5-6,8-15H,4,7H2,1-3H3/t15-/m0/s1. The number of carbonyl (C=O) groups is 1. The van der Waals surface area contributed by atoms with Crippen LogP contribution in [0.2, 0.25) is 0 Å². The van der Waals surface area contributed by atoms with E-state index < -0.39 is 6.04 Å². The minimum absolute atomic E-state index is 0.220. The molecule has 0 saturated heterocycles. The van der Waals surface area contributed by atoms with Crippen molar-refractivity contribution in [2.75, 3.05) is 7.11 Å². The lowest BCUT2D eigenvalue weighted by molar-refractivity contribution is -0.143. The van der Waals surface area contributed by atoms with Crippen molar-refractivity contribution in [1.29, 1.82) is 0 Å². The molecule has 2 aromatic heterocycles. The third-order valence-electron chi connectivity index (χ3n) is 5.39. The number of aryl methyl sites for hydroxylation is 1. The second-order valence-electron chi connectivity index (χ2n) is 7.51. The maximum atomic E-state index is 13.2. The number of rotatable bonds is 6. The molecule has 0 amide bonds. The van der Waals surface area contributed by atoms with Gasteiger partial charge in [-0.15, -0.1) is 0 Å². The van der Waals surface area contributed by atoms with Crippen molar-refractivity contribution in [3.05, 3.63) is 74.9 Å². The summed E-state index contributed by atoms with van der Waals surface area (Å²) in [6, 6.07) is 12.7. The fourth-order valence-corrected chi connectivity index (χ4v) is 4.12. The molecule has 0 spiro atoms. The first kappa shape index (κ1) is 22.0. The van der Waals surface area contributed by atoms with E-state index in [9.17, 15) is 9.59 Å². The summed E-state index contributed by atoms with van der Waals surface area (Å²) in [7, 11) is 1.37. The van der Waals surface area contributed by atoms with Crippen LogP contribution in [0.25, 0.3) is 21.8 Å². The highest BCUT2D eigenvalue weighted by Gasteiger charge is 2.19. The molecule has 0 unspecified atom stereocenters. The number of nitrogens with zero attached hydrogens (tertiary/aromatic N) is 4. The Morgan fingerprint density at radius 1 is 1.25 bits per heavy atom. The first-order chi connectivity index (χ1) is 15.4. The van der Waals surface area contributed by atoms with Crippen LogP contribution in [0.5, 0.6) is 0 Å². The van der Waals surface area contributed by atoms with E-state index in [1.54, 1.807) is 19.2 Å². The Morgan fingerprint density at radius 2 is 2.03 bits per heavy atom. The van der Waals surface area contributed by atoms with E-state index in [1.165, 1.54) is 11.8 Å². The molecule has 0 aliphatic carbocycles. The van der Waals surface area contributed by atoms with Crippen molar-refractivity contribution in [3.8, 4) is 0 Å². The minimum Gasteiger partial charge on any atom is -0.467 e. The summed E-state index contributed by atoms with van der Waals surface area (Å²) in [5, 5.41) is 5.96. The molecule has 4 aromatic rings. The summed E-state index contributed by atoms with van der Waals surface area (Å²) in [5.41, 5.74) is 2.10. The topological polar surface area (TPSA) is 78.5 Å². The first-order valence-corrected chi connectivity index (χ1v) is 11.2. The highest BCUT2D eigenvalue weighted by atomic mass is 79.9. The van der Waals surface area contributed by atoms with Crippen LogP contribution >= 0.6 is 15.9 Å². The molecule has 2 aromatic carbocycles. The van der Waals surface area contributed by atoms with Crippen LogP contribution in [0.3, 0.4) is 0 Å². The quantitative estimate of drug-likeness (QED) is 0.288. The molecule has 8 heteroatoms. The summed E-state index contributed by atoms with van der Waals surface area (Å²) in [6.45, 7) is 3.82. The predicted octanol–water partition coefficient (Wildman–Crippen LogP) is 4.68. The van der Waals surface area contributed by atoms with Gasteiger partial charge in [0, 0.05) is 33.6 Å². The monoisotopic (exact) mass is 494 g/mol. The third kappa shape index (κ3) is 3.98. The lowest BCUT2D eigenvalue weighted by atomic mass is 10.2. The summed E-state index contributed by atoms with van der Waals surface area (Å²) < 4.78 is 8.94. The number of carbonyl (C=O) groups excluding carboxylic acids is 1. The highest BCUT2D eigenvalue weighted by Crippen LogP contribution is 2.24. The van der Waals surface area contributed by atoms with Crippen molar-refractivity contribution in [2.45, 2.75) is 32.7 Å². The minimum atomic E-state index is -0.495. The summed E-state index contributed by atoms with van der Waals surface area (Å²) >= 11 is 3.42. The van der Waals surface area contributed by atoms with E-state index in [-0.39, 0.29) is 11.5 Å². The molecule has 2 heterocycles. The SMILES string of the molecule is CCCc1nc2ccc(Br)cc2c(=O)n1N=Cc1cn([C@@H](C)C(=O)OC)c2ccccc12. The van der Waals surface area contributed by atoms with E-state index in [0.29, 0.717) is 23.1 Å². The smallest absolute Gasteiger partial charge is 0.328 e. The molecule has 0 aliphatic heterocycles. The van der Waals surface area contributed by atoms with Gasteiger partial charge in [-0.25, -0.2) is 9.78 Å². The Hall–Kier alpha value is -3.26. The third-order valence-corrected chi connectivity index (χ3v) is 5.89. The largest absolute Gasteiger partial charge is 0.467 e. The van der Waals surface area contributed by atoms with Crippen molar-refractivity contribution >= 4 is 49.9 Å². The van der Waals surface area contributed by atoms with Gasteiger partial charge in [0.2, 0.25) is 0 Å². The maximum Gasteiger partial charge on any atom is 0.328 e. The summed E-state index contributed by atoms with van der Waals surface area (Å²) in [4.78, 5) is 30.0. The molecule has 0 radical (unpaired) electrons. The van der Waals surface area contributed by atoms with Crippen molar-refractivity contribution in [3.63, 3.8) is 0 Å². The van der Waals surface area contributed by atoms with Gasteiger partial charge in [-0.1, -0.05) is 41.1 Å². The van der Waals surface area contributed by atoms with Crippen LogP contribution in [-0.2, 0) is 16.0 Å². The Balaban J connectivity index is 1.86. The van der Waals surface area contributed by atoms with E-state index >= 15 is 0 Å². The number of ether oxygens (including phenoxy) is 1. The normalized spacial score (nSPS) is 12.6. The molecule has 7 nitrogen and oxygen atoms in total. The van der Waals surface area contributed by atoms with E-state index in [2.05, 4.69) is 26.0 Å². The van der Waals surface area contributed by atoms with Crippen LogP contribution in [0, 0.1) is 0 Å². The van der Waals surface area contributed by atoms with Gasteiger partial charge in [-0.2, -0.15) is 9.78 Å². The van der Waals surface area contributed by atoms with E-state index in [4.69, 9.17) is 4.74 Å². The van der Waals surface area contributed by atoms with Gasteiger partial charge in [0.05, 0.1) is 24.2 Å². The number of hydrogen-bond acceptors (Lipinski definition) is 5. The van der Waals surface area contributed by atoms with Crippen LogP contribution in [-0.4, -0.2) is 33.5 Å². The molecular formula is C24H23BrN4O3. The van der Waals surface area contributed by atoms with Crippen LogP contribution in [0.1, 0.15) is 37.7 Å². The van der Waals surface area contributed by atoms with E-state index in [0.717, 1.165) is 27.4 Å². The van der Waals surface area contributed by atoms with Crippen LogP contribution in [0.4, 0.5) is 0 Å². The zero-order chi connectivity index (χ0) is 22.8. The lowest BCUT2D eigenvalue weighted by Gasteiger charge is -2.12. The molecule has 0 bridgehead atoms. The number of methoxy groups -OCH3 is 1. The van der Waals surface area contributed by atoms with Gasteiger partial charge in [0.15, 0.2) is 0 Å². The second-order valence-corrected chi connectivity index (χ2v) is 8.42. The average molecular weight is 495 g/mol. The molecule has 32 heavy (non-hydrogen) atoms. The fourth-order valence-electron chi connectivity index (χ4n) is 3.76. The number of aromatic nitrogens is 3. The number of benzene rings is 2.